The maximum Gasteiger partial charge on any atom is 0.490 e. The summed E-state index contributed by atoms with van der Waals surface area (Å²) in [5, 5.41) is 13.5. The van der Waals surface area contributed by atoms with Gasteiger partial charge in [0.25, 0.3) is 0 Å². The number of hydrogen-bond donors (Lipinski definition) is 2. The lowest BCUT2D eigenvalue weighted by Crippen LogP contribution is -2.45. The van der Waals surface area contributed by atoms with Gasteiger partial charge in [0, 0.05) is 56.8 Å². The Labute approximate surface area is 283 Å². The van der Waals surface area contributed by atoms with Crippen LogP contribution in [0.2, 0.25) is 0 Å². The number of thiazole rings is 1. The van der Waals surface area contributed by atoms with E-state index in [0.717, 1.165) is 68.5 Å². The Balaban J connectivity index is 0.000000671. The molecule has 0 atom stereocenters. The monoisotopic (exact) mass is 703 g/mol. The van der Waals surface area contributed by atoms with Crippen molar-refractivity contribution in [2.24, 2.45) is 0 Å². The summed E-state index contributed by atoms with van der Waals surface area (Å²) in [4.78, 5) is 18.8. The minimum Gasteiger partial charge on any atom is -0.475 e. The van der Waals surface area contributed by atoms with Gasteiger partial charge in [-0.25, -0.2) is 18.2 Å². The summed E-state index contributed by atoms with van der Waals surface area (Å²) < 4.78 is 60.6. The van der Waals surface area contributed by atoms with Gasteiger partial charge in [-0.3, -0.25) is 0 Å². The van der Waals surface area contributed by atoms with Crippen molar-refractivity contribution < 1.29 is 31.5 Å². The van der Waals surface area contributed by atoms with Crippen molar-refractivity contribution in [2.75, 3.05) is 46.3 Å². The first-order chi connectivity index (χ1) is 22.9. The van der Waals surface area contributed by atoms with Gasteiger partial charge in [-0.1, -0.05) is 72.8 Å². The molecule has 2 N–H and O–H groups in total. The molecule has 1 aliphatic heterocycles. The quantitative estimate of drug-likeness (QED) is 0.187. The van der Waals surface area contributed by atoms with Crippen molar-refractivity contribution in [1.82, 2.24) is 24.4 Å². The lowest BCUT2D eigenvalue weighted by Gasteiger charge is -2.32. The van der Waals surface area contributed by atoms with Crippen LogP contribution in [0.5, 0.6) is 0 Å². The number of nitrogens with one attached hydrogen (secondary N) is 1. The number of benzene rings is 3. The molecule has 2 heterocycles. The van der Waals surface area contributed by atoms with Crippen molar-refractivity contribution in [3.63, 3.8) is 0 Å². The van der Waals surface area contributed by atoms with E-state index in [4.69, 9.17) is 14.9 Å². The van der Waals surface area contributed by atoms with E-state index in [-0.39, 0.29) is 6.54 Å². The van der Waals surface area contributed by atoms with Crippen molar-refractivity contribution in [3.05, 3.63) is 107 Å². The number of sulfonamides is 1. The number of carbonyl (C=O) groups is 1. The molecule has 0 aliphatic carbocycles. The Morgan fingerprint density at radius 3 is 2.06 bits per heavy atom. The molecule has 1 aromatic heterocycles. The van der Waals surface area contributed by atoms with Crippen molar-refractivity contribution in [1.29, 1.82) is 0 Å². The Morgan fingerprint density at radius 1 is 0.917 bits per heavy atom. The number of halogens is 3. The smallest absolute Gasteiger partial charge is 0.475 e. The number of piperazine rings is 1. The zero-order valence-electron chi connectivity index (χ0n) is 26.6. The second kappa shape index (κ2) is 17.7. The minimum atomic E-state index is -5.08. The summed E-state index contributed by atoms with van der Waals surface area (Å²) in [6.45, 7) is 7.40. The number of rotatable bonds is 13. The molecule has 3 aromatic carbocycles. The SMILES string of the molecule is CN1CCN(CCCN(Cc2csc(-c3ccc(CNCc4ccccc4)cc3)n2)S(=O)(=O)c2ccccc2)CC1.O=C(O)C(F)(F)F. The summed E-state index contributed by atoms with van der Waals surface area (Å²) in [6.07, 6.45) is -4.30. The highest BCUT2D eigenvalue weighted by atomic mass is 32.2. The lowest BCUT2D eigenvalue weighted by molar-refractivity contribution is -0.192. The predicted octanol–water partition coefficient (Wildman–Crippen LogP) is 5.56. The fourth-order valence-corrected chi connectivity index (χ4v) is 7.26. The Kier molecular flexibility index (Phi) is 13.7. The van der Waals surface area contributed by atoms with E-state index >= 15 is 0 Å². The van der Waals surface area contributed by atoms with Gasteiger partial charge >= 0.3 is 12.1 Å². The van der Waals surface area contributed by atoms with Gasteiger partial charge in [-0.05, 0) is 43.3 Å². The van der Waals surface area contributed by atoms with Gasteiger partial charge in [0.05, 0.1) is 17.1 Å². The standard InChI is InChI=1S/C32H39N5O2S2.C2HF3O2/c1-35-19-21-36(22-20-35)17-8-18-37(41(38,39)31-11-6-3-7-12-31)25-30-26-40-32(34-30)29-15-13-28(14-16-29)24-33-23-27-9-4-2-5-10-27;3-2(4,5)1(6)7/h2-7,9-16,26,33H,8,17-25H2,1H3;(H,6,7). The van der Waals surface area contributed by atoms with Gasteiger partial charge < -0.3 is 20.2 Å². The molecule has 48 heavy (non-hydrogen) atoms. The molecule has 1 saturated heterocycles. The van der Waals surface area contributed by atoms with Gasteiger partial charge in [0.1, 0.15) is 5.01 Å². The number of nitrogens with zero attached hydrogens (tertiary/aromatic N) is 4. The van der Waals surface area contributed by atoms with Crippen LogP contribution in [-0.2, 0) is 34.5 Å². The Bertz CT molecular complexity index is 1660. The Morgan fingerprint density at radius 2 is 1.48 bits per heavy atom. The van der Waals surface area contributed by atoms with Crippen LogP contribution in [0.1, 0.15) is 23.2 Å². The van der Waals surface area contributed by atoms with Crippen LogP contribution in [0, 0.1) is 0 Å². The molecular weight excluding hydrogens is 664 g/mol. The summed E-state index contributed by atoms with van der Waals surface area (Å²) >= 11 is 1.56. The molecule has 0 bridgehead atoms. The summed E-state index contributed by atoms with van der Waals surface area (Å²) in [5.74, 6) is -2.76. The maximum atomic E-state index is 13.6. The molecule has 0 unspecified atom stereocenters. The molecule has 5 rings (SSSR count). The number of aliphatic carboxylic acids is 1. The van der Waals surface area contributed by atoms with Crippen LogP contribution >= 0.6 is 11.3 Å². The van der Waals surface area contributed by atoms with Crippen molar-refractivity contribution in [3.8, 4) is 10.6 Å². The summed E-state index contributed by atoms with van der Waals surface area (Å²) in [7, 11) is -1.49. The molecular formula is C34H40F3N5O4S2. The van der Waals surface area contributed by atoms with E-state index in [1.165, 1.54) is 11.1 Å². The number of likely N-dealkylation sites (N-methyl/N-ethyl adjacent to an activating group) is 1. The normalized spacial score (nSPS) is 14.4. The van der Waals surface area contributed by atoms with E-state index < -0.39 is 22.2 Å². The van der Waals surface area contributed by atoms with Crippen LogP contribution in [0.25, 0.3) is 10.6 Å². The van der Waals surface area contributed by atoms with Crippen LogP contribution in [0.3, 0.4) is 0 Å². The van der Waals surface area contributed by atoms with Crippen molar-refractivity contribution in [2.45, 2.75) is 37.1 Å². The van der Waals surface area contributed by atoms with Crippen LogP contribution in [-0.4, -0.2) is 91.1 Å². The zero-order chi connectivity index (χ0) is 34.6. The molecule has 14 heteroatoms. The zero-order valence-corrected chi connectivity index (χ0v) is 28.3. The molecule has 0 spiro atoms. The topological polar surface area (TPSA) is 106 Å². The highest BCUT2D eigenvalue weighted by Gasteiger charge is 2.38. The second-order valence-electron chi connectivity index (χ2n) is 11.4. The van der Waals surface area contributed by atoms with Crippen LogP contribution in [0.15, 0.2) is 95.2 Å². The number of carboxylic acid groups (broad SMARTS) is 1. The molecule has 0 radical (unpaired) electrons. The summed E-state index contributed by atoms with van der Waals surface area (Å²) in [6, 6.07) is 27.6. The molecule has 258 valence electrons. The average molecular weight is 704 g/mol. The third kappa shape index (κ3) is 11.5. The third-order valence-electron chi connectivity index (χ3n) is 7.69. The van der Waals surface area contributed by atoms with E-state index in [1.54, 1.807) is 39.9 Å². The number of alkyl halides is 3. The predicted molar refractivity (Wildman–Crippen MR) is 181 cm³/mol. The van der Waals surface area contributed by atoms with E-state index in [0.29, 0.717) is 11.4 Å². The Hall–Kier alpha value is -3.66. The lowest BCUT2D eigenvalue weighted by atomic mass is 10.1. The number of hydrogen-bond acceptors (Lipinski definition) is 8. The third-order valence-corrected chi connectivity index (χ3v) is 10.5. The molecule has 1 fully saturated rings. The molecule has 0 saturated carbocycles. The number of carboxylic acids is 1. The van der Waals surface area contributed by atoms with Crippen LogP contribution in [0.4, 0.5) is 13.2 Å². The first kappa shape index (κ1) is 37.2. The fourth-order valence-electron chi connectivity index (χ4n) is 4.97. The maximum absolute atomic E-state index is 13.6. The molecule has 4 aromatic rings. The molecule has 1 aliphatic rings. The first-order valence-electron chi connectivity index (χ1n) is 15.5. The largest absolute Gasteiger partial charge is 0.490 e. The van der Waals surface area contributed by atoms with Crippen molar-refractivity contribution >= 4 is 27.3 Å². The van der Waals surface area contributed by atoms with Gasteiger partial charge in [-0.2, -0.15) is 17.5 Å². The van der Waals surface area contributed by atoms with E-state index in [2.05, 4.69) is 70.7 Å². The molecule has 9 nitrogen and oxygen atoms in total. The van der Waals surface area contributed by atoms with E-state index in [1.807, 2.05) is 17.5 Å². The molecule has 0 amide bonds. The van der Waals surface area contributed by atoms with Gasteiger partial charge in [0.15, 0.2) is 0 Å². The highest BCUT2D eigenvalue weighted by molar-refractivity contribution is 7.89. The van der Waals surface area contributed by atoms with Gasteiger partial charge in [-0.15, -0.1) is 11.3 Å². The number of aromatic nitrogens is 1. The van der Waals surface area contributed by atoms with E-state index in [9.17, 15) is 21.6 Å². The van der Waals surface area contributed by atoms with Crippen LogP contribution < -0.4 is 5.32 Å². The van der Waals surface area contributed by atoms with Gasteiger partial charge in [0.2, 0.25) is 10.0 Å². The second-order valence-corrected chi connectivity index (χ2v) is 14.2. The fraction of sp³-hybridized carbons (Fsp3) is 0.353. The average Bonchev–Trinajstić information content (AvgIpc) is 3.55. The first-order valence-corrected chi connectivity index (χ1v) is 17.8. The summed E-state index contributed by atoms with van der Waals surface area (Å²) in [5.41, 5.74) is 4.29. The highest BCUT2D eigenvalue weighted by Crippen LogP contribution is 2.26. The minimum absolute atomic E-state index is 0.262.